The van der Waals surface area contributed by atoms with Crippen molar-refractivity contribution in [2.24, 2.45) is 0 Å². The molecule has 1 aliphatic heterocycles. The highest BCUT2D eigenvalue weighted by Crippen LogP contribution is 2.10. The Balaban J connectivity index is 1.94. The Labute approximate surface area is 96.3 Å². The molecule has 0 unspecified atom stereocenters. The lowest BCUT2D eigenvalue weighted by Crippen LogP contribution is -2.34. The fourth-order valence-corrected chi connectivity index (χ4v) is 2.14. The Morgan fingerprint density at radius 1 is 1.31 bits per heavy atom. The van der Waals surface area contributed by atoms with Gasteiger partial charge in [0.15, 0.2) is 0 Å². The van der Waals surface area contributed by atoms with E-state index in [1.807, 2.05) is 22.6 Å². The number of hydrogen-bond donors (Lipinski definition) is 0. The Morgan fingerprint density at radius 2 is 2.00 bits per heavy atom. The number of rotatable bonds is 2. The Morgan fingerprint density at radius 3 is 2.56 bits per heavy atom. The lowest BCUT2D eigenvalue weighted by atomic mass is 10.2. The topological polar surface area (TPSA) is 38.1 Å². The van der Waals surface area contributed by atoms with Gasteiger partial charge in [-0.3, -0.25) is 4.79 Å². The molecule has 1 amide bonds. The SMILES string of the molecule is Cc1nccn1CC(=O)N1CCCCCC1. The molecule has 1 aromatic heterocycles. The van der Waals surface area contributed by atoms with Crippen LogP contribution < -0.4 is 0 Å². The molecule has 0 saturated carbocycles. The van der Waals surface area contributed by atoms with Crippen molar-refractivity contribution in [3.63, 3.8) is 0 Å². The second-order valence-electron chi connectivity index (χ2n) is 4.40. The number of carbonyl (C=O) groups is 1. The maximum Gasteiger partial charge on any atom is 0.242 e. The van der Waals surface area contributed by atoms with E-state index in [1.165, 1.54) is 12.8 Å². The van der Waals surface area contributed by atoms with Gasteiger partial charge in [0.25, 0.3) is 0 Å². The van der Waals surface area contributed by atoms with Crippen LogP contribution in [0.4, 0.5) is 0 Å². The number of likely N-dealkylation sites (tertiary alicyclic amines) is 1. The third-order valence-corrected chi connectivity index (χ3v) is 3.19. The molecule has 0 aromatic carbocycles. The summed E-state index contributed by atoms with van der Waals surface area (Å²) in [6, 6.07) is 0. The van der Waals surface area contributed by atoms with Gasteiger partial charge < -0.3 is 9.47 Å². The van der Waals surface area contributed by atoms with Crippen molar-refractivity contribution in [2.45, 2.75) is 39.2 Å². The van der Waals surface area contributed by atoms with Crippen molar-refractivity contribution in [1.82, 2.24) is 14.5 Å². The van der Waals surface area contributed by atoms with E-state index in [0.717, 1.165) is 31.8 Å². The highest BCUT2D eigenvalue weighted by molar-refractivity contribution is 5.76. The van der Waals surface area contributed by atoms with Crippen molar-refractivity contribution in [3.8, 4) is 0 Å². The maximum atomic E-state index is 12.0. The molecule has 4 nitrogen and oxygen atoms in total. The molecule has 0 radical (unpaired) electrons. The molecule has 88 valence electrons. The predicted molar refractivity (Wildman–Crippen MR) is 62.0 cm³/mol. The standard InChI is InChI=1S/C12H19N3O/c1-11-13-6-9-15(11)10-12(16)14-7-4-2-3-5-8-14/h6,9H,2-5,7-8,10H2,1H3. The second-order valence-corrected chi connectivity index (χ2v) is 4.40. The molecular weight excluding hydrogens is 202 g/mol. The monoisotopic (exact) mass is 221 g/mol. The van der Waals surface area contributed by atoms with Gasteiger partial charge in [0.05, 0.1) is 0 Å². The van der Waals surface area contributed by atoms with Gasteiger partial charge in [0.1, 0.15) is 12.4 Å². The zero-order chi connectivity index (χ0) is 11.4. The molecule has 0 atom stereocenters. The van der Waals surface area contributed by atoms with Crippen LogP contribution in [0.25, 0.3) is 0 Å². The van der Waals surface area contributed by atoms with E-state index in [0.29, 0.717) is 6.54 Å². The highest BCUT2D eigenvalue weighted by Gasteiger charge is 2.15. The number of aryl methyl sites for hydroxylation is 1. The van der Waals surface area contributed by atoms with E-state index in [-0.39, 0.29) is 5.91 Å². The molecule has 1 fully saturated rings. The van der Waals surface area contributed by atoms with Crippen molar-refractivity contribution < 1.29 is 4.79 Å². The van der Waals surface area contributed by atoms with Crippen LogP contribution in [0.5, 0.6) is 0 Å². The Bertz CT molecular complexity index is 351. The zero-order valence-electron chi connectivity index (χ0n) is 9.85. The minimum absolute atomic E-state index is 0.225. The molecule has 0 spiro atoms. The normalized spacial score (nSPS) is 17.2. The summed E-state index contributed by atoms with van der Waals surface area (Å²) < 4.78 is 1.91. The fourth-order valence-electron chi connectivity index (χ4n) is 2.14. The number of hydrogen-bond acceptors (Lipinski definition) is 2. The van der Waals surface area contributed by atoms with Crippen LogP contribution in [0, 0.1) is 6.92 Å². The lowest BCUT2D eigenvalue weighted by Gasteiger charge is -2.20. The lowest BCUT2D eigenvalue weighted by molar-refractivity contribution is -0.131. The first-order valence-corrected chi connectivity index (χ1v) is 6.03. The molecule has 0 N–H and O–H groups in total. The average Bonchev–Trinajstić information content (AvgIpc) is 2.57. The van der Waals surface area contributed by atoms with Gasteiger partial charge in [0, 0.05) is 25.5 Å². The van der Waals surface area contributed by atoms with E-state index in [1.54, 1.807) is 6.20 Å². The number of nitrogens with zero attached hydrogens (tertiary/aromatic N) is 3. The summed E-state index contributed by atoms with van der Waals surface area (Å²) in [5, 5.41) is 0. The highest BCUT2D eigenvalue weighted by atomic mass is 16.2. The molecule has 0 aliphatic carbocycles. The van der Waals surface area contributed by atoms with Crippen molar-refractivity contribution in [3.05, 3.63) is 18.2 Å². The van der Waals surface area contributed by atoms with Crippen LogP contribution in [0.15, 0.2) is 12.4 Å². The average molecular weight is 221 g/mol. The summed E-state index contributed by atoms with van der Waals surface area (Å²) in [6.07, 6.45) is 8.42. The van der Waals surface area contributed by atoms with Gasteiger partial charge in [-0.25, -0.2) is 4.98 Å². The molecular formula is C12H19N3O. The summed E-state index contributed by atoms with van der Waals surface area (Å²) in [7, 11) is 0. The number of aromatic nitrogens is 2. The summed E-state index contributed by atoms with van der Waals surface area (Å²) in [6.45, 7) is 4.21. The summed E-state index contributed by atoms with van der Waals surface area (Å²) >= 11 is 0. The van der Waals surface area contributed by atoms with Crippen LogP contribution in [-0.4, -0.2) is 33.4 Å². The fraction of sp³-hybridized carbons (Fsp3) is 0.667. The predicted octanol–water partition coefficient (Wildman–Crippen LogP) is 1.59. The largest absolute Gasteiger partial charge is 0.341 e. The number of amides is 1. The maximum absolute atomic E-state index is 12.0. The van der Waals surface area contributed by atoms with E-state index in [9.17, 15) is 4.79 Å². The van der Waals surface area contributed by atoms with Crippen molar-refractivity contribution in [1.29, 1.82) is 0 Å². The van der Waals surface area contributed by atoms with Crippen LogP contribution in [0.2, 0.25) is 0 Å². The quantitative estimate of drug-likeness (QED) is 0.760. The molecule has 16 heavy (non-hydrogen) atoms. The first-order valence-electron chi connectivity index (χ1n) is 6.03. The Kier molecular flexibility index (Phi) is 3.59. The van der Waals surface area contributed by atoms with Gasteiger partial charge >= 0.3 is 0 Å². The molecule has 1 saturated heterocycles. The second kappa shape index (κ2) is 5.14. The van der Waals surface area contributed by atoms with Crippen LogP contribution >= 0.6 is 0 Å². The third-order valence-electron chi connectivity index (χ3n) is 3.19. The van der Waals surface area contributed by atoms with Crippen LogP contribution in [0.1, 0.15) is 31.5 Å². The van der Waals surface area contributed by atoms with Gasteiger partial charge in [-0.2, -0.15) is 0 Å². The molecule has 2 heterocycles. The van der Waals surface area contributed by atoms with Gasteiger partial charge in [0.2, 0.25) is 5.91 Å². The smallest absolute Gasteiger partial charge is 0.242 e. The van der Waals surface area contributed by atoms with E-state index < -0.39 is 0 Å². The van der Waals surface area contributed by atoms with Gasteiger partial charge in [-0.15, -0.1) is 0 Å². The van der Waals surface area contributed by atoms with E-state index >= 15 is 0 Å². The van der Waals surface area contributed by atoms with Crippen LogP contribution in [-0.2, 0) is 11.3 Å². The third kappa shape index (κ3) is 2.62. The summed E-state index contributed by atoms with van der Waals surface area (Å²) in [5.74, 6) is 1.13. The summed E-state index contributed by atoms with van der Waals surface area (Å²) in [5.41, 5.74) is 0. The van der Waals surface area contributed by atoms with E-state index in [2.05, 4.69) is 4.98 Å². The van der Waals surface area contributed by atoms with Crippen LogP contribution in [0.3, 0.4) is 0 Å². The summed E-state index contributed by atoms with van der Waals surface area (Å²) in [4.78, 5) is 18.2. The molecule has 1 aromatic rings. The minimum Gasteiger partial charge on any atom is -0.341 e. The zero-order valence-corrected chi connectivity index (χ0v) is 9.85. The van der Waals surface area contributed by atoms with Crippen molar-refractivity contribution >= 4 is 5.91 Å². The van der Waals surface area contributed by atoms with Crippen molar-refractivity contribution in [2.75, 3.05) is 13.1 Å². The van der Waals surface area contributed by atoms with E-state index in [4.69, 9.17) is 0 Å². The number of imidazole rings is 1. The molecule has 4 heteroatoms. The molecule has 2 rings (SSSR count). The minimum atomic E-state index is 0.225. The molecule has 0 bridgehead atoms. The molecule has 1 aliphatic rings. The first-order chi connectivity index (χ1) is 7.77. The first kappa shape index (κ1) is 11.2. The Hall–Kier alpha value is -1.32. The number of carbonyl (C=O) groups excluding carboxylic acids is 1. The van der Waals surface area contributed by atoms with Gasteiger partial charge in [-0.05, 0) is 19.8 Å². The van der Waals surface area contributed by atoms with Gasteiger partial charge in [-0.1, -0.05) is 12.8 Å².